The molecule has 0 saturated heterocycles. The van der Waals surface area contributed by atoms with Gasteiger partial charge in [-0.3, -0.25) is 14.4 Å². The number of amides is 2. The molecule has 0 spiro atoms. The SMILES string of the molecule is CC(C)C[C@H](NC(=O)C(C)Nc1cccc2ccccc12)C(=O)N[C@H](C=O)CC(=O)O. The standard InChI is InChI=1S/C23H29N3O5/c1-14(2)11-20(23(31)25-17(13-27)12-21(28)29)26-22(30)15(3)24-19-10-6-8-16-7-4-5-9-18(16)19/h4-10,13-15,17,20,24H,11-12H2,1-3H3,(H,25,31)(H,26,30)(H,28,29)/t15?,17-,20-/m0/s1. The Hall–Kier alpha value is -3.42. The zero-order chi connectivity index (χ0) is 23.0. The van der Waals surface area contributed by atoms with Crippen LogP contribution in [-0.4, -0.2) is 47.3 Å². The molecular weight excluding hydrogens is 398 g/mol. The third-order valence-electron chi connectivity index (χ3n) is 4.78. The van der Waals surface area contributed by atoms with Crippen LogP contribution in [0.5, 0.6) is 0 Å². The zero-order valence-corrected chi connectivity index (χ0v) is 17.9. The first kappa shape index (κ1) is 23.9. The highest BCUT2D eigenvalue weighted by molar-refractivity contribution is 5.97. The van der Waals surface area contributed by atoms with Gasteiger partial charge in [-0.2, -0.15) is 0 Å². The molecule has 2 aromatic rings. The van der Waals surface area contributed by atoms with Gasteiger partial charge in [0.05, 0.1) is 12.5 Å². The number of aldehydes is 1. The molecule has 0 bridgehead atoms. The molecule has 0 aliphatic heterocycles. The van der Waals surface area contributed by atoms with E-state index < -0.39 is 36.4 Å². The molecular formula is C23H29N3O5. The van der Waals surface area contributed by atoms with Crippen molar-refractivity contribution < 1.29 is 24.3 Å². The predicted molar refractivity (Wildman–Crippen MR) is 119 cm³/mol. The molecule has 1 unspecified atom stereocenters. The minimum absolute atomic E-state index is 0.0894. The Bertz CT molecular complexity index is 938. The second-order valence-electron chi connectivity index (χ2n) is 7.93. The quantitative estimate of drug-likeness (QED) is 0.408. The second-order valence-corrected chi connectivity index (χ2v) is 7.93. The van der Waals surface area contributed by atoms with Gasteiger partial charge in [0.25, 0.3) is 0 Å². The summed E-state index contributed by atoms with van der Waals surface area (Å²) in [4.78, 5) is 47.3. The lowest BCUT2D eigenvalue weighted by Gasteiger charge is -2.24. The Balaban J connectivity index is 2.09. The number of hydrogen-bond donors (Lipinski definition) is 4. The van der Waals surface area contributed by atoms with Gasteiger partial charge in [-0.15, -0.1) is 0 Å². The van der Waals surface area contributed by atoms with E-state index in [-0.39, 0.29) is 11.8 Å². The van der Waals surface area contributed by atoms with Crippen LogP contribution in [0.15, 0.2) is 42.5 Å². The van der Waals surface area contributed by atoms with Gasteiger partial charge in [-0.1, -0.05) is 50.2 Å². The fourth-order valence-corrected chi connectivity index (χ4v) is 3.25. The van der Waals surface area contributed by atoms with Crippen molar-refractivity contribution in [2.75, 3.05) is 5.32 Å². The van der Waals surface area contributed by atoms with Crippen molar-refractivity contribution in [2.24, 2.45) is 5.92 Å². The maximum atomic E-state index is 12.8. The molecule has 0 radical (unpaired) electrons. The van der Waals surface area contributed by atoms with Gasteiger partial charge < -0.3 is 25.9 Å². The largest absolute Gasteiger partial charge is 0.481 e. The van der Waals surface area contributed by atoms with Crippen LogP contribution in [0, 0.1) is 5.92 Å². The van der Waals surface area contributed by atoms with E-state index in [1.807, 2.05) is 56.3 Å². The summed E-state index contributed by atoms with van der Waals surface area (Å²) >= 11 is 0. The van der Waals surface area contributed by atoms with Crippen LogP contribution < -0.4 is 16.0 Å². The average molecular weight is 428 g/mol. The number of carbonyl (C=O) groups excluding carboxylic acids is 3. The molecule has 0 fully saturated rings. The summed E-state index contributed by atoms with van der Waals surface area (Å²) < 4.78 is 0. The highest BCUT2D eigenvalue weighted by Gasteiger charge is 2.27. The monoisotopic (exact) mass is 427 g/mol. The van der Waals surface area contributed by atoms with E-state index >= 15 is 0 Å². The summed E-state index contributed by atoms with van der Waals surface area (Å²) in [6, 6.07) is 10.9. The van der Waals surface area contributed by atoms with Crippen molar-refractivity contribution in [1.82, 2.24) is 10.6 Å². The summed E-state index contributed by atoms with van der Waals surface area (Å²) in [6.45, 7) is 5.50. The molecule has 166 valence electrons. The van der Waals surface area contributed by atoms with Crippen molar-refractivity contribution in [3.63, 3.8) is 0 Å². The van der Waals surface area contributed by atoms with E-state index in [1.54, 1.807) is 6.92 Å². The maximum absolute atomic E-state index is 12.8. The van der Waals surface area contributed by atoms with Crippen molar-refractivity contribution in [3.05, 3.63) is 42.5 Å². The molecule has 31 heavy (non-hydrogen) atoms. The van der Waals surface area contributed by atoms with E-state index in [9.17, 15) is 19.2 Å². The summed E-state index contributed by atoms with van der Waals surface area (Å²) in [5.74, 6) is -2.08. The number of anilines is 1. The van der Waals surface area contributed by atoms with Crippen molar-refractivity contribution in [2.45, 2.75) is 51.7 Å². The normalized spacial score (nSPS) is 13.8. The molecule has 0 aliphatic rings. The number of aliphatic carboxylic acids is 1. The zero-order valence-electron chi connectivity index (χ0n) is 17.9. The van der Waals surface area contributed by atoms with Crippen LogP contribution in [0.25, 0.3) is 10.8 Å². The second kappa shape index (κ2) is 11.1. The number of carbonyl (C=O) groups is 4. The summed E-state index contributed by atoms with van der Waals surface area (Å²) in [5, 5.41) is 19.2. The van der Waals surface area contributed by atoms with Gasteiger partial charge in [0, 0.05) is 11.1 Å². The molecule has 2 rings (SSSR count). The van der Waals surface area contributed by atoms with Crippen LogP contribution >= 0.6 is 0 Å². The van der Waals surface area contributed by atoms with E-state index in [4.69, 9.17) is 5.11 Å². The van der Waals surface area contributed by atoms with Crippen LogP contribution in [0.2, 0.25) is 0 Å². The number of nitrogens with one attached hydrogen (secondary N) is 3. The summed E-state index contributed by atoms with van der Waals surface area (Å²) in [6.07, 6.45) is 0.207. The highest BCUT2D eigenvalue weighted by atomic mass is 16.4. The maximum Gasteiger partial charge on any atom is 0.305 e. The number of benzene rings is 2. The van der Waals surface area contributed by atoms with Crippen LogP contribution in [0.1, 0.15) is 33.6 Å². The van der Waals surface area contributed by atoms with Gasteiger partial charge in [0.2, 0.25) is 11.8 Å². The fourth-order valence-electron chi connectivity index (χ4n) is 3.25. The first-order valence-corrected chi connectivity index (χ1v) is 10.2. The van der Waals surface area contributed by atoms with E-state index in [0.29, 0.717) is 12.7 Å². The summed E-state index contributed by atoms with van der Waals surface area (Å²) in [7, 11) is 0. The van der Waals surface area contributed by atoms with E-state index in [1.165, 1.54) is 0 Å². The molecule has 8 heteroatoms. The Labute approximate surface area is 181 Å². The Kier molecular flexibility index (Phi) is 8.54. The number of carboxylic acid groups (broad SMARTS) is 1. The smallest absolute Gasteiger partial charge is 0.305 e. The first-order chi connectivity index (χ1) is 14.7. The molecule has 0 heterocycles. The van der Waals surface area contributed by atoms with E-state index in [0.717, 1.165) is 16.5 Å². The van der Waals surface area contributed by atoms with E-state index in [2.05, 4.69) is 16.0 Å². The van der Waals surface area contributed by atoms with Crippen LogP contribution in [0.4, 0.5) is 5.69 Å². The first-order valence-electron chi connectivity index (χ1n) is 10.2. The molecule has 2 amide bonds. The number of rotatable bonds is 11. The minimum Gasteiger partial charge on any atom is -0.481 e. The van der Waals surface area contributed by atoms with Gasteiger partial charge in [0.1, 0.15) is 18.4 Å². The van der Waals surface area contributed by atoms with Gasteiger partial charge in [0.15, 0.2) is 0 Å². The Morgan fingerprint density at radius 1 is 0.968 bits per heavy atom. The number of hydrogen-bond acceptors (Lipinski definition) is 5. The lowest BCUT2D eigenvalue weighted by molar-refractivity contribution is -0.139. The highest BCUT2D eigenvalue weighted by Crippen LogP contribution is 2.23. The molecule has 0 aliphatic carbocycles. The van der Waals surface area contributed by atoms with Crippen LogP contribution in [0.3, 0.4) is 0 Å². The molecule has 8 nitrogen and oxygen atoms in total. The van der Waals surface area contributed by atoms with Gasteiger partial charge in [-0.25, -0.2) is 0 Å². The molecule has 4 N–H and O–H groups in total. The number of carboxylic acids is 1. The van der Waals surface area contributed by atoms with Crippen LogP contribution in [-0.2, 0) is 19.2 Å². The molecule has 3 atom stereocenters. The Morgan fingerprint density at radius 3 is 2.29 bits per heavy atom. The minimum atomic E-state index is -1.20. The van der Waals surface area contributed by atoms with Crippen molar-refractivity contribution in [1.29, 1.82) is 0 Å². The lowest BCUT2D eigenvalue weighted by Crippen LogP contribution is -2.53. The molecule has 0 aromatic heterocycles. The van der Waals surface area contributed by atoms with Gasteiger partial charge >= 0.3 is 5.97 Å². The molecule has 0 saturated carbocycles. The average Bonchev–Trinajstić information content (AvgIpc) is 2.72. The third kappa shape index (κ3) is 7.09. The fraction of sp³-hybridized carbons (Fsp3) is 0.391. The Morgan fingerprint density at radius 2 is 1.65 bits per heavy atom. The van der Waals surface area contributed by atoms with Crippen molar-refractivity contribution >= 4 is 40.5 Å². The summed E-state index contributed by atoms with van der Waals surface area (Å²) in [5.41, 5.74) is 0.799. The third-order valence-corrected chi connectivity index (χ3v) is 4.78. The van der Waals surface area contributed by atoms with Gasteiger partial charge in [-0.05, 0) is 30.7 Å². The number of fused-ring (bicyclic) bond motifs is 1. The van der Waals surface area contributed by atoms with Crippen molar-refractivity contribution in [3.8, 4) is 0 Å². The predicted octanol–water partition coefficient (Wildman–Crippen LogP) is 2.33. The lowest BCUT2D eigenvalue weighted by atomic mass is 10.0. The topological polar surface area (TPSA) is 125 Å². The molecule has 2 aromatic carbocycles.